The van der Waals surface area contributed by atoms with Gasteiger partial charge in [0.05, 0.1) is 17.5 Å². The fourth-order valence-corrected chi connectivity index (χ4v) is 6.11. The molecule has 112 valence electrons. The van der Waals surface area contributed by atoms with Gasteiger partial charge in [-0.1, -0.05) is 11.8 Å². The molecule has 0 aromatic rings. The molecule has 0 spiro atoms. The van der Waals surface area contributed by atoms with E-state index in [1.807, 2.05) is 0 Å². The van der Waals surface area contributed by atoms with Crippen LogP contribution in [-0.4, -0.2) is 78.5 Å². The van der Waals surface area contributed by atoms with E-state index in [2.05, 4.69) is 9.73 Å². The Labute approximate surface area is 120 Å². The minimum atomic E-state index is -3.01. The molecule has 2 aliphatic heterocycles. The quantitative estimate of drug-likeness (QED) is 0.688. The van der Waals surface area contributed by atoms with Crippen molar-refractivity contribution >= 4 is 38.6 Å². The maximum Gasteiger partial charge on any atom is 0.329 e. The van der Waals surface area contributed by atoms with Crippen LogP contribution in [-0.2, 0) is 24.2 Å². The number of amides is 1. The standard InChI is InChI=1S/C10H14N2O6S2/c1-12-6-4-20(16,17)5-7(6)19-10(12)11-8(13)2-18-3-9(14)15/h6-7H,2-5H2,1H3,(H,14,15)/t6-,7-/m0/s1. The number of thioether (sulfide) groups is 1. The van der Waals surface area contributed by atoms with Gasteiger partial charge >= 0.3 is 5.97 Å². The van der Waals surface area contributed by atoms with Crippen molar-refractivity contribution < 1.29 is 27.9 Å². The Bertz CT molecular complexity index is 558. The van der Waals surface area contributed by atoms with Crippen LogP contribution in [0.1, 0.15) is 0 Å². The maximum absolute atomic E-state index is 11.5. The van der Waals surface area contributed by atoms with Gasteiger partial charge in [0.25, 0.3) is 5.91 Å². The van der Waals surface area contributed by atoms with Crippen LogP contribution in [0.4, 0.5) is 0 Å². The lowest BCUT2D eigenvalue weighted by atomic mass is 10.2. The molecule has 1 amide bonds. The van der Waals surface area contributed by atoms with Gasteiger partial charge in [-0.2, -0.15) is 4.99 Å². The number of fused-ring (bicyclic) bond motifs is 1. The summed E-state index contributed by atoms with van der Waals surface area (Å²) in [6, 6.07) is -0.156. The molecular weight excluding hydrogens is 308 g/mol. The van der Waals surface area contributed by atoms with E-state index >= 15 is 0 Å². The van der Waals surface area contributed by atoms with Crippen molar-refractivity contribution in [2.45, 2.75) is 11.3 Å². The van der Waals surface area contributed by atoms with Gasteiger partial charge in [0, 0.05) is 12.3 Å². The van der Waals surface area contributed by atoms with Crippen molar-refractivity contribution in [3.63, 3.8) is 0 Å². The smallest absolute Gasteiger partial charge is 0.329 e. The molecule has 8 nitrogen and oxygen atoms in total. The number of aliphatic imine (C=N–C) groups is 1. The number of rotatable bonds is 4. The van der Waals surface area contributed by atoms with E-state index in [-0.39, 0.29) is 22.8 Å². The van der Waals surface area contributed by atoms with Crippen LogP contribution >= 0.6 is 11.8 Å². The summed E-state index contributed by atoms with van der Waals surface area (Å²) in [4.78, 5) is 27.3. The molecule has 2 heterocycles. The number of hydrogen-bond acceptors (Lipinski definition) is 6. The van der Waals surface area contributed by atoms with Crippen LogP contribution in [0.3, 0.4) is 0 Å². The van der Waals surface area contributed by atoms with Gasteiger partial charge in [0.15, 0.2) is 15.0 Å². The highest BCUT2D eigenvalue weighted by Gasteiger charge is 2.47. The minimum absolute atomic E-state index is 0.0733. The number of carbonyl (C=O) groups is 2. The number of hydrogen-bond donors (Lipinski definition) is 1. The highest BCUT2D eigenvalue weighted by Crippen LogP contribution is 2.36. The molecular formula is C10H14N2O6S2. The number of aliphatic carboxylic acids is 1. The lowest BCUT2D eigenvalue weighted by molar-refractivity contribution is -0.143. The molecule has 20 heavy (non-hydrogen) atoms. The summed E-state index contributed by atoms with van der Waals surface area (Å²) in [6.07, 6.45) is 0. The minimum Gasteiger partial charge on any atom is -0.480 e. The second-order valence-corrected chi connectivity index (χ2v) is 7.95. The van der Waals surface area contributed by atoms with Crippen LogP contribution in [0, 0.1) is 0 Å². The SMILES string of the molecule is CN1C(=NC(=O)COCC(=O)O)S[C@H]2CS(=O)(=O)C[C@@H]21. The first-order chi connectivity index (χ1) is 9.28. The average Bonchev–Trinajstić information content (AvgIpc) is 2.74. The first-order valence-corrected chi connectivity index (χ1v) is 8.49. The number of nitrogens with zero attached hydrogens (tertiary/aromatic N) is 2. The Morgan fingerprint density at radius 2 is 2.15 bits per heavy atom. The number of ether oxygens (including phenoxy) is 1. The summed E-state index contributed by atoms with van der Waals surface area (Å²) in [5, 5.41) is 8.73. The largest absolute Gasteiger partial charge is 0.480 e. The predicted molar refractivity (Wildman–Crippen MR) is 72.5 cm³/mol. The van der Waals surface area contributed by atoms with E-state index in [0.717, 1.165) is 0 Å². The van der Waals surface area contributed by atoms with Crippen molar-refractivity contribution in [1.29, 1.82) is 0 Å². The van der Waals surface area contributed by atoms with E-state index < -0.39 is 34.9 Å². The molecule has 0 radical (unpaired) electrons. The predicted octanol–water partition coefficient (Wildman–Crippen LogP) is -1.19. The zero-order valence-corrected chi connectivity index (χ0v) is 12.3. The topological polar surface area (TPSA) is 113 Å². The molecule has 1 N–H and O–H groups in total. The number of carboxylic acids is 1. The average molecular weight is 322 g/mol. The monoisotopic (exact) mass is 322 g/mol. The molecule has 0 unspecified atom stereocenters. The molecule has 0 bridgehead atoms. The van der Waals surface area contributed by atoms with E-state index in [4.69, 9.17) is 5.11 Å². The van der Waals surface area contributed by atoms with Crippen LogP contribution in [0.15, 0.2) is 4.99 Å². The summed E-state index contributed by atoms with van der Waals surface area (Å²) >= 11 is 1.26. The lowest BCUT2D eigenvalue weighted by Crippen LogP contribution is -2.34. The fourth-order valence-electron chi connectivity index (χ4n) is 2.10. The van der Waals surface area contributed by atoms with Crippen LogP contribution in [0.25, 0.3) is 0 Å². The summed E-state index contributed by atoms with van der Waals surface area (Å²) < 4.78 is 27.7. The first-order valence-electron chi connectivity index (χ1n) is 5.79. The van der Waals surface area contributed by atoms with Crippen molar-refractivity contribution in [2.75, 3.05) is 31.8 Å². The number of carboxylic acid groups (broad SMARTS) is 1. The van der Waals surface area contributed by atoms with Gasteiger partial charge in [-0.25, -0.2) is 13.2 Å². The molecule has 2 aliphatic rings. The summed E-state index contributed by atoms with van der Waals surface area (Å²) in [5.74, 6) is -1.57. The Hall–Kier alpha value is -1.13. The normalized spacial score (nSPS) is 29.6. The third kappa shape index (κ3) is 3.49. The Morgan fingerprint density at radius 3 is 2.75 bits per heavy atom. The maximum atomic E-state index is 11.5. The van der Waals surface area contributed by atoms with Crippen LogP contribution in [0.2, 0.25) is 0 Å². The van der Waals surface area contributed by atoms with Gasteiger partial charge in [-0.15, -0.1) is 0 Å². The first kappa shape index (κ1) is 15.3. The van der Waals surface area contributed by atoms with E-state index in [9.17, 15) is 18.0 Å². The van der Waals surface area contributed by atoms with E-state index in [1.165, 1.54) is 11.8 Å². The third-order valence-corrected chi connectivity index (χ3v) is 6.30. The molecule has 0 aliphatic carbocycles. The molecule has 0 saturated carbocycles. The summed E-state index contributed by atoms with van der Waals surface area (Å²) in [6.45, 7) is -0.957. The highest BCUT2D eigenvalue weighted by molar-refractivity contribution is 8.15. The van der Waals surface area contributed by atoms with Crippen LogP contribution in [0.5, 0.6) is 0 Å². The zero-order valence-electron chi connectivity index (χ0n) is 10.7. The Morgan fingerprint density at radius 1 is 1.45 bits per heavy atom. The second-order valence-electron chi connectivity index (χ2n) is 4.59. The van der Waals surface area contributed by atoms with Gasteiger partial charge < -0.3 is 14.7 Å². The van der Waals surface area contributed by atoms with Gasteiger partial charge in [-0.3, -0.25) is 4.79 Å². The molecule has 10 heteroatoms. The molecule has 2 rings (SSSR count). The van der Waals surface area contributed by atoms with Crippen molar-refractivity contribution in [2.24, 2.45) is 4.99 Å². The molecule has 2 fully saturated rings. The zero-order chi connectivity index (χ0) is 14.9. The second kappa shape index (κ2) is 5.70. The van der Waals surface area contributed by atoms with Gasteiger partial charge in [-0.05, 0) is 0 Å². The van der Waals surface area contributed by atoms with Gasteiger partial charge in [0.1, 0.15) is 13.2 Å². The molecule has 2 saturated heterocycles. The Kier molecular flexibility index (Phi) is 4.35. The lowest BCUT2D eigenvalue weighted by Gasteiger charge is -2.17. The molecule has 0 aromatic heterocycles. The Balaban J connectivity index is 1.93. The van der Waals surface area contributed by atoms with Crippen molar-refractivity contribution in [3.8, 4) is 0 Å². The van der Waals surface area contributed by atoms with Gasteiger partial charge in [0.2, 0.25) is 0 Å². The van der Waals surface area contributed by atoms with Crippen LogP contribution < -0.4 is 0 Å². The number of amidine groups is 1. The molecule has 2 atom stereocenters. The fraction of sp³-hybridized carbons (Fsp3) is 0.700. The van der Waals surface area contributed by atoms with Crippen molar-refractivity contribution in [1.82, 2.24) is 4.90 Å². The molecule has 0 aromatic carbocycles. The van der Waals surface area contributed by atoms with Crippen molar-refractivity contribution in [3.05, 3.63) is 0 Å². The number of sulfone groups is 1. The third-order valence-electron chi connectivity index (χ3n) is 3.00. The summed E-state index contributed by atoms with van der Waals surface area (Å²) in [7, 11) is -1.31. The summed E-state index contributed by atoms with van der Waals surface area (Å²) in [5.41, 5.74) is 0. The number of carbonyl (C=O) groups excluding carboxylic acids is 1. The highest BCUT2D eigenvalue weighted by atomic mass is 32.2. The van der Waals surface area contributed by atoms with E-state index in [0.29, 0.717) is 5.17 Å². The van der Waals surface area contributed by atoms with E-state index in [1.54, 1.807) is 11.9 Å².